The first-order valence-electron chi connectivity index (χ1n) is 4.17. The molecule has 0 N–H and O–H groups in total. The summed E-state index contributed by atoms with van der Waals surface area (Å²) < 4.78 is 56.6. The van der Waals surface area contributed by atoms with Crippen molar-refractivity contribution >= 4 is 0 Å². The second kappa shape index (κ2) is 6.62. The predicted octanol–water partition coefficient (Wildman–Crippen LogP) is 4.21. The van der Waals surface area contributed by atoms with Gasteiger partial charge < -0.3 is 4.74 Å². The zero-order chi connectivity index (χ0) is 11.0. The summed E-state index contributed by atoms with van der Waals surface area (Å²) in [5.41, 5.74) is 0. The quantitative estimate of drug-likeness (QED) is 0.473. The van der Waals surface area contributed by atoms with Crippen molar-refractivity contribution < 1.29 is 26.7 Å². The average molecular weight is 218 g/mol. The molecule has 1 fully saturated rings. The summed E-state index contributed by atoms with van der Waals surface area (Å²) in [7, 11) is 0. The third-order valence-corrected chi connectivity index (χ3v) is 1.53. The maximum absolute atomic E-state index is 10.8. The normalized spacial score (nSPS) is 15.5. The van der Waals surface area contributed by atoms with E-state index in [1.807, 2.05) is 0 Å². The topological polar surface area (TPSA) is 9.23 Å². The third-order valence-electron chi connectivity index (χ3n) is 1.53. The molecule has 0 saturated heterocycles. The minimum Gasteiger partial charge on any atom is -0.408 e. The van der Waals surface area contributed by atoms with Crippen LogP contribution in [-0.4, -0.2) is 6.36 Å². The summed E-state index contributed by atoms with van der Waals surface area (Å²) in [5.74, 6) is 0. The smallest absolute Gasteiger partial charge is 0.408 e. The van der Waals surface area contributed by atoms with Crippen LogP contribution in [-0.2, 0) is 4.74 Å². The van der Waals surface area contributed by atoms with Gasteiger partial charge in [-0.05, 0) is 0 Å². The molecule has 0 bridgehead atoms. The molecule has 0 spiro atoms. The van der Waals surface area contributed by atoms with Gasteiger partial charge >= 0.3 is 12.4 Å². The third kappa shape index (κ3) is 11.2. The molecule has 0 aromatic rings. The van der Waals surface area contributed by atoms with Crippen LogP contribution >= 0.6 is 0 Å². The van der Waals surface area contributed by atoms with Crippen molar-refractivity contribution in [1.29, 1.82) is 0 Å². The van der Waals surface area contributed by atoms with Crippen molar-refractivity contribution in [3.63, 3.8) is 0 Å². The van der Waals surface area contributed by atoms with Gasteiger partial charge in [-0.15, -0.1) is 13.2 Å². The van der Waals surface area contributed by atoms with E-state index >= 15 is 0 Å². The Morgan fingerprint density at radius 2 is 1.29 bits per heavy atom. The van der Waals surface area contributed by atoms with Gasteiger partial charge in [-0.3, -0.25) is 0 Å². The van der Waals surface area contributed by atoms with Crippen molar-refractivity contribution in [2.45, 2.75) is 38.5 Å². The molecule has 0 atom stereocenters. The molecule has 0 unspecified atom stereocenters. The summed E-state index contributed by atoms with van der Waals surface area (Å²) in [4.78, 5) is 0. The van der Waals surface area contributed by atoms with Gasteiger partial charge in [-0.1, -0.05) is 32.1 Å². The zero-order valence-corrected chi connectivity index (χ0v) is 7.41. The Balaban J connectivity index is 0.000000280. The van der Waals surface area contributed by atoms with Crippen LogP contribution in [0.5, 0.6) is 0 Å². The van der Waals surface area contributed by atoms with Gasteiger partial charge in [0.15, 0.2) is 6.26 Å². The van der Waals surface area contributed by atoms with E-state index in [4.69, 9.17) is 0 Å². The molecular weight excluding hydrogens is 207 g/mol. The molecule has 0 heterocycles. The summed E-state index contributed by atoms with van der Waals surface area (Å²) >= 11 is 0. The van der Waals surface area contributed by atoms with Crippen LogP contribution in [0.3, 0.4) is 0 Å². The lowest BCUT2D eigenvalue weighted by Crippen LogP contribution is -2.08. The fourth-order valence-electron chi connectivity index (χ4n) is 0.995. The largest absolute Gasteiger partial charge is 0.572 e. The van der Waals surface area contributed by atoms with Crippen molar-refractivity contribution in [3.05, 3.63) is 12.3 Å². The minimum absolute atomic E-state index is 0.667. The molecule has 1 nitrogen and oxygen atoms in total. The van der Waals surface area contributed by atoms with Gasteiger partial charge in [0.05, 0.1) is 0 Å². The molecule has 0 aromatic carbocycles. The predicted molar refractivity (Wildman–Crippen MR) is 40.5 cm³/mol. The van der Waals surface area contributed by atoms with Gasteiger partial charge in [0.2, 0.25) is 0 Å². The van der Waals surface area contributed by atoms with E-state index in [1.54, 1.807) is 0 Å². The fourth-order valence-corrected chi connectivity index (χ4v) is 0.995. The first-order chi connectivity index (χ1) is 6.42. The lowest BCUT2D eigenvalue weighted by molar-refractivity contribution is -0.299. The molecule has 6 heteroatoms. The highest BCUT2D eigenvalue weighted by atomic mass is 19.4. The Kier molecular flexibility index (Phi) is 6.23. The molecule has 84 valence electrons. The van der Waals surface area contributed by atoms with Crippen LogP contribution in [0.1, 0.15) is 32.1 Å². The summed E-state index contributed by atoms with van der Waals surface area (Å²) in [5, 5.41) is 0. The highest BCUT2D eigenvalue weighted by molar-refractivity contribution is 4.69. The summed E-state index contributed by atoms with van der Waals surface area (Å²) in [6.45, 7) is 0. The molecule has 1 rings (SSSR count). The summed E-state index contributed by atoms with van der Waals surface area (Å²) in [6, 6.07) is 0. The maximum atomic E-state index is 10.8. The second-order valence-corrected chi connectivity index (χ2v) is 2.74. The first-order valence-corrected chi connectivity index (χ1v) is 4.17. The van der Waals surface area contributed by atoms with Crippen LogP contribution < -0.4 is 0 Å². The van der Waals surface area contributed by atoms with Gasteiger partial charge in [0.25, 0.3) is 0 Å². The summed E-state index contributed by atoms with van der Waals surface area (Å²) in [6.07, 6.45) is -0.712. The number of hydrogen-bond acceptors (Lipinski definition) is 1. The van der Waals surface area contributed by atoms with E-state index in [9.17, 15) is 22.0 Å². The Labute approximate surface area is 78.5 Å². The molecule has 0 aromatic heterocycles. The van der Waals surface area contributed by atoms with Gasteiger partial charge in [0, 0.05) is 0 Å². The average Bonchev–Trinajstić information content (AvgIpc) is 2.56. The van der Waals surface area contributed by atoms with Gasteiger partial charge in [0.1, 0.15) is 0 Å². The zero-order valence-electron chi connectivity index (χ0n) is 7.41. The molecule has 14 heavy (non-hydrogen) atoms. The van der Waals surface area contributed by atoms with E-state index in [-0.39, 0.29) is 0 Å². The Morgan fingerprint density at radius 1 is 0.929 bits per heavy atom. The molecule has 1 aliphatic rings. The number of halogens is 5. The van der Waals surface area contributed by atoms with Crippen LogP contribution in [0.2, 0.25) is 0 Å². The monoisotopic (exact) mass is 218 g/mol. The van der Waals surface area contributed by atoms with Crippen LogP contribution in [0.15, 0.2) is 12.3 Å². The van der Waals surface area contributed by atoms with Crippen LogP contribution in [0, 0.1) is 0 Å². The van der Waals surface area contributed by atoms with Crippen molar-refractivity contribution in [3.8, 4) is 0 Å². The maximum Gasteiger partial charge on any atom is 0.572 e. The Hall–Kier alpha value is -0.810. The van der Waals surface area contributed by atoms with Crippen LogP contribution in [0.4, 0.5) is 22.0 Å². The van der Waals surface area contributed by atoms with Crippen LogP contribution in [0.25, 0.3) is 0 Å². The highest BCUT2D eigenvalue weighted by Crippen LogP contribution is 2.17. The number of alkyl halides is 3. The molecular formula is C8H11F5O. The fraction of sp³-hybridized carbons (Fsp3) is 0.750. The second-order valence-electron chi connectivity index (χ2n) is 2.74. The first kappa shape index (κ1) is 13.2. The van der Waals surface area contributed by atoms with Gasteiger partial charge in [-0.25, -0.2) is 0 Å². The van der Waals surface area contributed by atoms with E-state index in [0.29, 0.717) is 0 Å². The van der Waals surface area contributed by atoms with Crippen molar-refractivity contribution in [1.82, 2.24) is 0 Å². The molecule has 0 radical (unpaired) electrons. The number of rotatable bonds is 1. The molecule has 0 amide bonds. The lowest BCUT2D eigenvalue weighted by Gasteiger charge is -2.00. The SMILES string of the molecule is C1CCCC1.FC(F)=COC(F)(F)F. The van der Waals surface area contributed by atoms with Crippen molar-refractivity contribution in [2.24, 2.45) is 0 Å². The minimum atomic E-state index is -5.02. The lowest BCUT2D eigenvalue weighted by atomic mass is 10.4. The van der Waals surface area contributed by atoms with E-state index < -0.39 is 18.7 Å². The standard InChI is InChI=1S/C5H10.C3HF5O/c1-2-4-5-3-1;4-2(5)1-9-3(6,7)8/h1-5H2;1H. The molecule has 1 saturated carbocycles. The van der Waals surface area contributed by atoms with E-state index in [2.05, 4.69) is 4.74 Å². The number of hydrogen-bond donors (Lipinski definition) is 0. The highest BCUT2D eigenvalue weighted by Gasteiger charge is 2.29. The van der Waals surface area contributed by atoms with E-state index in [0.717, 1.165) is 0 Å². The van der Waals surface area contributed by atoms with Crippen molar-refractivity contribution in [2.75, 3.05) is 0 Å². The number of ether oxygens (including phenoxy) is 1. The Morgan fingerprint density at radius 3 is 1.43 bits per heavy atom. The van der Waals surface area contributed by atoms with Gasteiger partial charge in [-0.2, -0.15) is 8.78 Å². The van der Waals surface area contributed by atoms with E-state index in [1.165, 1.54) is 32.1 Å². The Bertz CT molecular complexity index is 159. The molecule has 0 aliphatic heterocycles. The molecule has 1 aliphatic carbocycles.